The fourth-order valence-electron chi connectivity index (χ4n) is 3.76. The summed E-state index contributed by atoms with van der Waals surface area (Å²) in [5.74, 6) is 2.59. The smallest absolute Gasteiger partial charge is 0.254 e. The number of aromatic nitrogens is 5. The van der Waals surface area contributed by atoms with Crippen LogP contribution in [-0.4, -0.2) is 42.3 Å². The summed E-state index contributed by atoms with van der Waals surface area (Å²) in [5, 5.41) is 15.5. The lowest BCUT2D eigenvalue weighted by Crippen LogP contribution is -2.40. The van der Waals surface area contributed by atoms with E-state index in [1.165, 1.54) is 12.8 Å². The van der Waals surface area contributed by atoms with Crippen LogP contribution in [0.5, 0.6) is 0 Å². The summed E-state index contributed by atoms with van der Waals surface area (Å²) < 4.78 is 2.24. The van der Waals surface area contributed by atoms with E-state index in [0.717, 1.165) is 22.8 Å². The molecule has 0 saturated heterocycles. The molecule has 1 aromatic carbocycles. The van der Waals surface area contributed by atoms with Gasteiger partial charge in [-0.1, -0.05) is 12.1 Å². The van der Waals surface area contributed by atoms with Crippen LogP contribution in [0.25, 0.3) is 11.1 Å². The number of nitrogens with zero attached hydrogens (tertiary/aromatic N) is 5. The third kappa shape index (κ3) is 2.51. The minimum Gasteiger partial charge on any atom is -0.329 e. The monoisotopic (exact) mass is 348 g/mol. The highest BCUT2D eigenvalue weighted by Crippen LogP contribution is 2.41. The molecule has 0 bridgehead atoms. The number of nitrogens with one attached hydrogen (secondary N) is 1. The predicted octanol–water partition coefficient (Wildman–Crippen LogP) is 2.76. The first-order chi connectivity index (χ1) is 12.7. The Morgan fingerprint density at radius 2 is 2.12 bits per heavy atom. The molecule has 1 atom stereocenters. The standard InChI is InChI=1S/C19H20N6O/c1-12-10-24(11-17-22-23-18(25(12)17)13-5-6-13)19(26)15-4-2-3-14(7-15)16-8-20-21-9-16/h2-4,7-9,12-13H,5-6,10-11H2,1H3,(H,20,21)/t12-/m0/s1. The van der Waals surface area contributed by atoms with Gasteiger partial charge in [-0.3, -0.25) is 9.89 Å². The van der Waals surface area contributed by atoms with Crippen LogP contribution in [0.4, 0.5) is 0 Å². The van der Waals surface area contributed by atoms with E-state index in [0.29, 0.717) is 24.6 Å². The summed E-state index contributed by atoms with van der Waals surface area (Å²) >= 11 is 0. The lowest BCUT2D eigenvalue weighted by molar-refractivity contribution is 0.0679. The van der Waals surface area contributed by atoms with Gasteiger partial charge >= 0.3 is 0 Å². The van der Waals surface area contributed by atoms with E-state index in [9.17, 15) is 4.79 Å². The number of H-pyrrole nitrogens is 1. The van der Waals surface area contributed by atoms with Crippen molar-refractivity contribution >= 4 is 5.91 Å². The van der Waals surface area contributed by atoms with Crippen molar-refractivity contribution in [3.05, 3.63) is 53.9 Å². The highest BCUT2D eigenvalue weighted by atomic mass is 16.2. The quantitative estimate of drug-likeness (QED) is 0.789. The van der Waals surface area contributed by atoms with Gasteiger partial charge in [0, 0.05) is 29.8 Å². The maximum atomic E-state index is 13.1. The van der Waals surface area contributed by atoms with Gasteiger partial charge in [0.25, 0.3) is 5.91 Å². The van der Waals surface area contributed by atoms with Crippen LogP contribution in [0, 0.1) is 0 Å². The molecule has 1 fully saturated rings. The van der Waals surface area contributed by atoms with Crippen LogP contribution in [0.15, 0.2) is 36.7 Å². The Hall–Kier alpha value is -2.96. The zero-order chi connectivity index (χ0) is 17.7. The molecule has 2 aliphatic rings. The van der Waals surface area contributed by atoms with E-state index in [1.54, 1.807) is 6.20 Å². The number of amides is 1. The fraction of sp³-hybridized carbons (Fsp3) is 0.368. The van der Waals surface area contributed by atoms with E-state index in [-0.39, 0.29) is 11.9 Å². The largest absolute Gasteiger partial charge is 0.329 e. The van der Waals surface area contributed by atoms with Crippen molar-refractivity contribution in [2.24, 2.45) is 0 Å². The summed E-state index contributed by atoms with van der Waals surface area (Å²) in [4.78, 5) is 14.9. The van der Waals surface area contributed by atoms with Crippen LogP contribution in [-0.2, 0) is 6.54 Å². The fourth-order valence-corrected chi connectivity index (χ4v) is 3.76. The maximum absolute atomic E-state index is 13.1. The minimum absolute atomic E-state index is 0.0319. The Labute approximate surface area is 151 Å². The molecule has 1 amide bonds. The number of rotatable bonds is 3. The first-order valence-corrected chi connectivity index (χ1v) is 9.03. The Morgan fingerprint density at radius 1 is 1.23 bits per heavy atom. The lowest BCUT2D eigenvalue weighted by atomic mass is 10.0. The molecule has 1 saturated carbocycles. The molecule has 5 rings (SSSR count). The van der Waals surface area contributed by atoms with Gasteiger partial charge in [-0.25, -0.2) is 0 Å². The van der Waals surface area contributed by atoms with Crippen molar-refractivity contribution < 1.29 is 4.79 Å². The number of aromatic amines is 1. The first kappa shape index (κ1) is 15.3. The molecule has 3 aromatic rings. The van der Waals surface area contributed by atoms with Crippen molar-refractivity contribution in [1.82, 2.24) is 29.9 Å². The molecule has 1 aliphatic carbocycles. The molecule has 0 spiro atoms. The average Bonchev–Trinajstić information content (AvgIpc) is 3.19. The van der Waals surface area contributed by atoms with E-state index in [1.807, 2.05) is 35.4 Å². The molecule has 0 radical (unpaired) electrons. The molecular formula is C19H20N6O. The minimum atomic E-state index is 0.0319. The van der Waals surface area contributed by atoms with Gasteiger partial charge in [0.15, 0.2) is 5.82 Å². The molecule has 26 heavy (non-hydrogen) atoms. The molecule has 3 heterocycles. The second-order valence-electron chi connectivity index (χ2n) is 7.22. The Kier molecular flexibility index (Phi) is 3.41. The number of benzene rings is 1. The molecule has 2 aromatic heterocycles. The van der Waals surface area contributed by atoms with Crippen molar-refractivity contribution in [3.8, 4) is 11.1 Å². The summed E-state index contributed by atoms with van der Waals surface area (Å²) in [7, 11) is 0. The van der Waals surface area contributed by atoms with Gasteiger partial charge in [0.2, 0.25) is 0 Å². The second-order valence-corrected chi connectivity index (χ2v) is 7.22. The second kappa shape index (κ2) is 5.79. The Morgan fingerprint density at radius 3 is 2.88 bits per heavy atom. The average molecular weight is 348 g/mol. The van der Waals surface area contributed by atoms with Crippen LogP contribution >= 0.6 is 0 Å². The van der Waals surface area contributed by atoms with E-state index in [2.05, 4.69) is 31.9 Å². The maximum Gasteiger partial charge on any atom is 0.254 e. The van der Waals surface area contributed by atoms with Crippen molar-refractivity contribution in [1.29, 1.82) is 0 Å². The van der Waals surface area contributed by atoms with Crippen molar-refractivity contribution in [2.75, 3.05) is 6.54 Å². The highest BCUT2D eigenvalue weighted by molar-refractivity contribution is 5.95. The van der Waals surface area contributed by atoms with Crippen LogP contribution in [0.2, 0.25) is 0 Å². The van der Waals surface area contributed by atoms with Gasteiger partial charge < -0.3 is 9.47 Å². The molecule has 0 unspecified atom stereocenters. The number of fused-ring (bicyclic) bond motifs is 1. The molecule has 7 heteroatoms. The zero-order valence-corrected chi connectivity index (χ0v) is 14.6. The van der Waals surface area contributed by atoms with Crippen molar-refractivity contribution in [3.63, 3.8) is 0 Å². The lowest BCUT2D eigenvalue weighted by Gasteiger charge is -2.32. The van der Waals surface area contributed by atoms with Gasteiger partial charge in [-0.15, -0.1) is 10.2 Å². The third-order valence-electron chi connectivity index (χ3n) is 5.22. The number of hydrogen-bond acceptors (Lipinski definition) is 4. The number of carbonyl (C=O) groups is 1. The normalized spacial score (nSPS) is 19.4. The number of carbonyl (C=O) groups excluding carboxylic acids is 1. The molecule has 132 valence electrons. The van der Waals surface area contributed by atoms with Crippen LogP contribution in [0.3, 0.4) is 0 Å². The molecule has 7 nitrogen and oxygen atoms in total. The van der Waals surface area contributed by atoms with E-state index < -0.39 is 0 Å². The SMILES string of the molecule is C[C@H]1CN(C(=O)c2cccc(-c3cn[nH]c3)c2)Cc2nnc(C3CC3)n21. The summed E-state index contributed by atoms with van der Waals surface area (Å²) in [5.41, 5.74) is 2.64. The van der Waals surface area contributed by atoms with Crippen LogP contribution in [0.1, 0.15) is 53.7 Å². The Bertz CT molecular complexity index is 956. The predicted molar refractivity (Wildman–Crippen MR) is 95.5 cm³/mol. The van der Waals surface area contributed by atoms with Crippen molar-refractivity contribution in [2.45, 2.75) is 38.3 Å². The molecular weight excluding hydrogens is 328 g/mol. The van der Waals surface area contributed by atoms with Crippen LogP contribution < -0.4 is 0 Å². The summed E-state index contributed by atoms with van der Waals surface area (Å²) in [6.45, 7) is 3.33. The van der Waals surface area contributed by atoms with E-state index in [4.69, 9.17) is 0 Å². The summed E-state index contributed by atoms with van der Waals surface area (Å²) in [6.07, 6.45) is 5.99. The summed E-state index contributed by atoms with van der Waals surface area (Å²) in [6, 6.07) is 7.89. The highest BCUT2D eigenvalue weighted by Gasteiger charge is 2.35. The zero-order valence-electron chi connectivity index (χ0n) is 14.6. The number of hydrogen-bond donors (Lipinski definition) is 1. The van der Waals surface area contributed by atoms with Gasteiger partial charge in [0.1, 0.15) is 5.82 Å². The van der Waals surface area contributed by atoms with Gasteiger partial charge in [-0.2, -0.15) is 5.10 Å². The Balaban J connectivity index is 1.42. The third-order valence-corrected chi connectivity index (χ3v) is 5.22. The topological polar surface area (TPSA) is 79.7 Å². The molecule has 1 N–H and O–H groups in total. The van der Waals surface area contributed by atoms with Gasteiger partial charge in [0.05, 0.1) is 18.8 Å². The van der Waals surface area contributed by atoms with E-state index >= 15 is 0 Å². The van der Waals surface area contributed by atoms with Gasteiger partial charge in [-0.05, 0) is 37.5 Å². The first-order valence-electron chi connectivity index (χ1n) is 9.03. The molecule has 1 aliphatic heterocycles.